The van der Waals surface area contributed by atoms with Crippen LogP contribution in [0.15, 0.2) is 48.5 Å². The summed E-state index contributed by atoms with van der Waals surface area (Å²) in [4.78, 5) is 39.5. The lowest BCUT2D eigenvalue weighted by molar-refractivity contribution is -0.122. The minimum atomic E-state index is -2.70. The van der Waals surface area contributed by atoms with Crippen molar-refractivity contribution in [2.45, 2.75) is 65.5 Å². The Balaban J connectivity index is 1.24. The van der Waals surface area contributed by atoms with Gasteiger partial charge in [-0.25, -0.2) is 4.79 Å². The van der Waals surface area contributed by atoms with Gasteiger partial charge in [-0.1, -0.05) is 42.2 Å². The van der Waals surface area contributed by atoms with Gasteiger partial charge in [0.15, 0.2) is 0 Å². The van der Waals surface area contributed by atoms with Crippen molar-refractivity contribution in [3.05, 3.63) is 65.2 Å². The number of fused-ring (bicyclic) bond motifs is 2. The fraction of sp³-hybridized carbons (Fsp3) is 0.514. The Morgan fingerprint density at radius 2 is 1.34 bits per heavy atom. The van der Waals surface area contributed by atoms with Gasteiger partial charge in [-0.2, -0.15) is 0 Å². The molecule has 1 aliphatic heterocycles. The van der Waals surface area contributed by atoms with Gasteiger partial charge in [-0.15, -0.1) is 0 Å². The van der Waals surface area contributed by atoms with Crippen molar-refractivity contribution in [1.29, 1.82) is 0 Å². The van der Waals surface area contributed by atoms with Crippen LogP contribution in [0, 0.1) is 11.8 Å². The van der Waals surface area contributed by atoms with Crippen molar-refractivity contribution in [3.8, 4) is 11.8 Å². The summed E-state index contributed by atoms with van der Waals surface area (Å²) >= 11 is 0. The molecule has 3 N–H and O–H groups in total. The van der Waals surface area contributed by atoms with Crippen molar-refractivity contribution in [2.75, 3.05) is 57.6 Å². The largest absolute Gasteiger partial charge is 0.500 e. The third-order valence-corrected chi connectivity index (χ3v) is 10.5. The molecular weight excluding hydrogens is 616 g/mol. The van der Waals surface area contributed by atoms with Crippen molar-refractivity contribution in [3.63, 3.8) is 0 Å². The number of hydrogen-bond donors (Lipinski definition) is 3. The zero-order chi connectivity index (χ0) is 33.7. The van der Waals surface area contributed by atoms with E-state index in [1.165, 1.54) is 0 Å². The number of para-hydroxylation sites is 1. The lowest BCUT2D eigenvalue weighted by atomic mass is 10.0. The number of ether oxygens (including phenoxy) is 1. The summed E-state index contributed by atoms with van der Waals surface area (Å²) in [6.07, 6.45) is 2.58. The number of unbranched alkanes of at least 4 members (excludes halogenated alkanes) is 1. The average molecular weight is 667 g/mol. The Morgan fingerprint density at radius 1 is 0.745 bits per heavy atom. The van der Waals surface area contributed by atoms with E-state index in [2.05, 4.69) is 27.8 Å². The van der Waals surface area contributed by atoms with Crippen LogP contribution in [0.3, 0.4) is 0 Å². The van der Waals surface area contributed by atoms with Crippen LogP contribution in [0.25, 0.3) is 0 Å². The first-order valence-electron chi connectivity index (χ1n) is 16.7. The maximum absolute atomic E-state index is 13.3. The number of urea groups is 1. The van der Waals surface area contributed by atoms with Gasteiger partial charge in [-0.05, 0) is 63.8 Å². The molecule has 4 amide bonds. The van der Waals surface area contributed by atoms with E-state index in [9.17, 15) is 14.4 Å². The van der Waals surface area contributed by atoms with Crippen LogP contribution >= 0.6 is 0 Å². The normalized spacial score (nSPS) is 12.1. The number of benzene rings is 2. The van der Waals surface area contributed by atoms with Gasteiger partial charge < -0.3 is 38.9 Å². The van der Waals surface area contributed by atoms with Gasteiger partial charge in [0.25, 0.3) is 0 Å². The van der Waals surface area contributed by atoms with Crippen LogP contribution in [0.4, 0.5) is 10.5 Å². The Kier molecular flexibility index (Phi) is 17.0. The molecule has 256 valence electrons. The molecule has 0 aliphatic carbocycles. The monoisotopic (exact) mass is 666 g/mol. The van der Waals surface area contributed by atoms with Crippen LogP contribution < -0.4 is 20.9 Å². The minimum Gasteiger partial charge on any atom is -0.378 e. The number of nitrogens with zero attached hydrogens (tertiary/aromatic N) is 1. The van der Waals surface area contributed by atoms with Crippen LogP contribution in [-0.4, -0.2) is 79.3 Å². The maximum atomic E-state index is 13.3. The Bertz CT molecular complexity index is 1330. The molecule has 1 heterocycles. The summed E-state index contributed by atoms with van der Waals surface area (Å²) in [6, 6.07) is 16.0. The van der Waals surface area contributed by atoms with E-state index in [1.54, 1.807) is 4.90 Å². The van der Waals surface area contributed by atoms with E-state index in [0.29, 0.717) is 97.4 Å². The van der Waals surface area contributed by atoms with Crippen molar-refractivity contribution >= 4 is 32.3 Å². The zero-order valence-electron chi connectivity index (χ0n) is 28.0. The fourth-order valence-electron chi connectivity index (χ4n) is 5.16. The van der Waals surface area contributed by atoms with Crippen LogP contribution in [0.5, 0.6) is 0 Å². The Hall–Kier alpha value is -3.73. The molecule has 1 aliphatic rings. The molecular formula is C35H50N4O7Si. The molecule has 0 saturated carbocycles. The predicted octanol–water partition coefficient (Wildman–Crippen LogP) is 4.36. The summed E-state index contributed by atoms with van der Waals surface area (Å²) in [5.74, 6) is 6.38. The number of carbonyl (C=O) groups excluding carboxylic acids is 3. The molecule has 0 unspecified atom stereocenters. The second-order valence-electron chi connectivity index (χ2n) is 10.8. The number of carbonyl (C=O) groups is 3. The highest BCUT2D eigenvalue weighted by atomic mass is 28.4. The van der Waals surface area contributed by atoms with Gasteiger partial charge in [-0.3, -0.25) is 9.59 Å². The predicted molar refractivity (Wildman–Crippen MR) is 184 cm³/mol. The molecule has 0 radical (unpaired) electrons. The van der Waals surface area contributed by atoms with E-state index in [1.807, 2.05) is 69.3 Å². The SMILES string of the molecule is CCO[Si](CCCNC(=O)NCCOCCNC(=O)CCCCC(=O)N1Cc2ccccc2C#Cc2ccccc21)(OCC)OCC. The second-order valence-corrected chi connectivity index (χ2v) is 13.6. The quantitative estimate of drug-likeness (QED) is 0.103. The lowest BCUT2D eigenvalue weighted by Crippen LogP contribution is -2.46. The third-order valence-electron chi connectivity index (χ3n) is 7.36. The second kappa shape index (κ2) is 21.2. The number of anilines is 1. The molecule has 47 heavy (non-hydrogen) atoms. The zero-order valence-corrected chi connectivity index (χ0v) is 29.0. The van der Waals surface area contributed by atoms with E-state index in [-0.39, 0.29) is 17.8 Å². The smallest absolute Gasteiger partial charge is 0.378 e. The molecule has 12 heteroatoms. The summed E-state index contributed by atoms with van der Waals surface area (Å²) < 4.78 is 23.0. The van der Waals surface area contributed by atoms with Crippen molar-refractivity contribution in [2.24, 2.45) is 0 Å². The summed E-state index contributed by atoms with van der Waals surface area (Å²) in [7, 11) is -2.70. The first kappa shape index (κ1) is 37.7. The molecule has 2 aromatic carbocycles. The van der Waals surface area contributed by atoms with E-state index < -0.39 is 8.80 Å². The van der Waals surface area contributed by atoms with Crippen LogP contribution in [0.1, 0.15) is 69.6 Å². The van der Waals surface area contributed by atoms with E-state index in [0.717, 1.165) is 22.4 Å². The molecule has 2 aromatic rings. The maximum Gasteiger partial charge on any atom is 0.500 e. The molecule has 3 rings (SSSR count). The number of nitrogens with one attached hydrogen (secondary N) is 3. The first-order valence-corrected chi connectivity index (χ1v) is 18.6. The molecule has 0 spiro atoms. The molecule has 0 aromatic heterocycles. The Labute approximate surface area is 280 Å². The standard InChI is InChI=1S/C35H50N4O7Si/c1-4-44-47(45-5-2,46-6-3)27-13-22-37-35(42)38-24-26-43-25-23-36-33(40)18-11-12-19-34(41)39-28-31-16-8-7-14-29(31)20-21-30-15-9-10-17-32(30)39/h7-10,14-17H,4-6,11-13,18-19,22-28H2,1-3H3,(H,36,40)(H2,37,38,42). The van der Waals surface area contributed by atoms with Crippen LogP contribution in [0.2, 0.25) is 6.04 Å². The molecule has 0 fully saturated rings. The van der Waals surface area contributed by atoms with Gasteiger partial charge in [0.2, 0.25) is 11.8 Å². The molecule has 0 bridgehead atoms. The molecule has 11 nitrogen and oxygen atoms in total. The van der Waals surface area contributed by atoms with E-state index >= 15 is 0 Å². The fourth-order valence-corrected chi connectivity index (χ4v) is 7.78. The van der Waals surface area contributed by atoms with Crippen LogP contribution in [-0.2, 0) is 34.1 Å². The van der Waals surface area contributed by atoms with Crippen molar-refractivity contribution in [1.82, 2.24) is 16.0 Å². The summed E-state index contributed by atoms with van der Waals surface area (Å²) in [5.41, 5.74) is 3.58. The van der Waals surface area contributed by atoms with Crippen molar-refractivity contribution < 1.29 is 32.4 Å². The van der Waals surface area contributed by atoms with E-state index in [4.69, 9.17) is 18.0 Å². The minimum absolute atomic E-state index is 0.0143. The number of amides is 4. The van der Waals surface area contributed by atoms with Gasteiger partial charge >= 0.3 is 14.8 Å². The average Bonchev–Trinajstić information content (AvgIpc) is 3.06. The lowest BCUT2D eigenvalue weighted by Gasteiger charge is -2.28. The highest BCUT2D eigenvalue weighted by molar-refractivity contribution is 6.60. The number of rotatable bonds is 21. The molecule has 0 saturated heterocycles. The highest BCUT2D eigenvalue weighted by Crippen LogP contribution is 2.26. The summed E-state index contributed by atoms with van der Waals surface area (Å²) in [5, 5.41) is 8.43. The molecule has 0 atom stereocenters. The third kappa shape index (κ3) is 13.1. The topological polar surface area (TPSA) is 127 Å². The van der Waals surface area contributed by atoms with Gasteiger partial charge in [0.05, 0.1) is 25.4 Å². The Morgan fingerprint density at radius 3 is 2.06 bits per heavy atom. The van der Waals surface area contributed by atoms with Gasteiger partial charge in [0, 0.05) is 69.5 Å². The van der Waals surface area contributed by atoms with Gasteiger partial charge in [0.1, 0.15) is 0 Å². The first-order chi connectivity index (χ1) is 22.9. The number of hydrogen-bond acceptors (Lipinski definition) is 7. The summed E-state index contributed by atoms with van der Waals surface area (Å²) in [6.45, 7) is 9.65. The highest BCUT2D eigenvalue weighted by Gasteiger charge is 2.39.